The van der Waals surface area contributed by atoms with E-state index in [0.29, 0.717) is 17.5 Å². The van der Waals surface area contributed by atoms with Gasteiger partial charge in [-0.25, -0.2) is 9.97 Å². The van der Waals surface area contributed by atoms with Crippen LogP contribution in [0.2, 0.25) is 0 Å². The van der Waals surface area contributed by atoms with Crippen LogP contribution in [-0.2, 0) is 0 Å². The molecule has 238 valence electrons. The number of fused-ring (bicyclic) bond motifs is 7. The molecule has 0 amide bonds. The van der Waals surface area contributed by atoms with Crippen LogP contribution in [0.5, 0.6) is 11.5 Å². The first-order valence-corrected chi connectivity index (χ1v) is 17.0. The van der Waals surface area contributed by atoms with Gasteiger partial charge < -0.3 is 9.15 Å². The van der Waals surface area contributed by atoms with Gasteiger partial charge in [-0.1, -0.05) is 107 Å². The third-order valence-electron chi connectivity index (χ3n) is 9.58. The van der Waals surface area contributed by atoms with E-state index in [1.165, 1.54) is 16.8 Å². The molecular formula is C44H35N3O2. The minimum absolute atomic E-state index is 0.346. The van der Waals surface area contributed by atoms with Crippen LogP contribution >= 0.6 is 0 Å². The molecule has 0 saturated carbocycles. The van der Waals surface area contributed by atoms with Crippen LogP contribution < -0.4 is 4.74 Å². The van der Waals surface area contributed by atoms with Crippen molar-refractivity contribution in [2.24, 2.45) is 0 Å². The highest BCUT2D eigenvalue weighted by Gasteiger charge is 2.22. The summed E-state index contributed by atoms with van der Waals surface area (Å²) in [7, 11) is 0. The summed E-state index contributed by atoms with van der Waals surface area (Å²) in [4.78, 5) is 10.2. The summed E-state index contributed by atoms with van der Waals surface area (Å²) in [5, 5.41) is 5.27. The number of imidazole rings is 1. The summed E-state index contributed by atoms with van der Waals surface area (Å²) in [6.07, 6.45) is 0. The molecule has 0 unspecified atom stereocenters. The molecule has 49 heavy (non-hydrogen) atoms. The first kappa shape index (κ1) is 29.2. The number of hydrogen-bond donors (Lipinski definition) is 0. The van der Waals surface area contributed by atoms with Gasteiger partial charge in [-0.15, -0.1) is 0 Å². The summed E-state index contributed by atoms with van der Waals surface area (Å²) < 4.78 is 15.1. The molecule has 3 heterocycles. The Kier molecular flexibility index (Phi) is 6.76. The zero-order chi connectivity index (χ0) is 33.2. The zero-order valence-corrected chi connectivity index (χ0v) is 27.9. The van der Waals surface area contributed by atoms with E-state index in [1.54, 1.807) is 0 Å². The topological polar surface area (TPSA) is 53.1 Å². The van der Waals surface area contributed by atoms with Gasteiger partial charge in [-0.3, -0.25) is 4.57 Å². The minimum Gasteiger partial charge on any atom is -0.457 e. The average Bonchev–Trinajstić information content (AvgIpc) is 3.68. The Morgan fingerprint density at radius 2 is 1.31 bits per heavy atom. The van der Waals surface area contributed by atoms with Crippen LogP contribution in [0.15, 0.2) is 132 Å². The molecule has 9 rings (SSSR count). The number of nitrogens with zero attached hydrogens (tertiary/aromatic N) is 3. The lowest BCUT2D eigenvalue weighted by atomic mass is 9.92. The van der Waals surface area contributed by atoms with Crippen molar-refractivity contribution in [3.63, 3.8) is 0 Å². The van der Waals surface area contributed by atoms with Crippen molar-refractivity contribution in [1.82, 2.24) is 14.5 Å². The molecule has 3 aromatic heterocycles. The molecule has 9 aromatic rings. The first-order chi connectivity index (χ1) is 23.9. The van der Waals surface area contributed by atoms with E-state index in [-0.39, 0.29) is 0 Å². The Bertz CT molecular complexity index is 2690. The zero-order valence-electron chi connectivity index (χ0n) is 27.9. The van der Waals surface area contributed by atoms with Crippen molar-refractivity contribution >= 4 is 54.8 Å². The highest BCUT2D eigenvalue weighted by atomic mass is 16.5. The maximum absolute atomic E-state index is 6.59. The van der Waals surface area contributed by atoms with Crippen LogP contribution in [0.3, 0.4) is 0 Å². The fraction of sp³-hybridized carbons (Fsp3) is 0.136. The Labute approximate surface area is 284 Å². The van der Waals surface area contributed by atoms with Gasteiger partial charge in [0.05, 0.1) is 22.2 Å². The van der Waals surface area contributed by atoms with Crippen molar-refractivity contribution < 1.29 is 9.15 Å². The Balaban J connectivity index is 1.16. The third kappa shape index (κ3) is 4.84. The van der Waals surface area contributed by atoms with E-state index < -0.39 is 0 Å². The molecule has 6 aromatic carbocycles. The van der Waals surface area contributed by atoms with E-state index >= 15 is 0 Å². The third-order valence-corrected chi connectivity index (χ3v) is 9.58. The molecular weight excluding hydrogens is 603 g/mol. The first-order valence-electron chi connectivity index (χ1n) is 17.0. The van der Waals surface area contributed by atoms with Crippen LogP contribution in [0.25, 0.3) is 71.9 Å². The molecule has 0 radical (unpaired) electrons. The lowest BCUT2D eigenvalue weighted by Gasteiger charge is -2.22. The van der Waals surface area contributed by atoms with Crippen molar-refractivity contribution in [2.75, 3.05) is 0 Å². The van der Waals surface area contributed by atoms with E-state index in [2.05, 4.69) is 123 Å². The molecule has 0 aliphatic carbocycles. The van der Waals surface area contributed by atoms with Gasteiger partial charge in [0.25, 0.3) is 0 Å². The Morgan fingerprint density at radius 3 is 2.14 bits per heavy atom. The predicted molar refractivity (Wildman–Crippen MR) is 201 cm³/mol. The van der Waals surface area contributed by atoms with Gasteiger partial charge in [-0.05, 0) is 76.9 Å². The molecule has 0 saturated heterocycles. The maximum atomic E-state index is 6.59. The highest BCUT2D eigenvalue weighted by molar-refractivity contribution is 6.13. The van der Waals surface area contributed by atoms with Crippen LogP contribution in [0.4, 0.5) is 0 Å². The number of furan rings is 1. The summed E-state index contributed by atoms with van der Waals surface area (Å²) >= 11 is 0. The number of para-hydroxylation sites is 4. The second-order valence-electron chi connectivity index (χ2n) is 13.4. The van der Waals surface area contributed by atoms with Gasteiger partial charge in [0.1, 0.15) is 22.9 Å². The fourth-order valence-corrected chi connectivity index (χ4v) is 7.19. The van der Waals surface area contributed by atoms with Gasteiger partial charge in [0.15, 0.2) is 0 Å². The number of hydrogen-bond acceptors (Lipinski definition) is 4. The van der Waals surface area contributed by atoms with E-state index in [9.17, 15) is 0 Å². The number of aromatic nitrogens is 3. The minimum atomic E-state index is 0.346. The van der Waals surface area contributed by atoms with Gasteiger partial charge in [0, 0.05) is 27.1 Å². The molecule has 5 nitrogen and oxygen atoms in total. The second-order valence-corrected chi connectivity index (χ2v) is 13.4. The SMILES string of the molecule is CC(C)c1cccc(C(C)C)c1-n1c(-c2cccc(Oc3ccc4ccc5cc6c(nc5c4c3)oc3ccccc36)c2)nc2ccccc21. The second kappa shape index (κ2) is 11.3. The molecule has 0 spiro atoms. The maximum Gasteiger partial charge on any atom is 0.227 e. The van der Waals surface area contributed by atoms with Crippen molar-refractivity contribution in [2.45, 2.75) is 39.5 Å². The van der Waals surface area contributed by atoms with Crippen molar-refractivity contribution in [3.8, 4) is 28.6 Å². The highest BCUT2D eigenvalue weighted by Crippen LogP contribution is 2.39. The molecule has 0 bridgehead atoms. The standard InChI is InChI=1S/C44H35N3O2/c1-26(2)33-14-10-15-34(27(3)4)42(33)47-39-17-7-6-16-38(39)45-43(47)30-11-9-12-31(23-30)48-32-22-21-28-19-20-29-24-37-35-13-5-8-18-40(35)49-44(37)46-41(29)36(28)25-32/h5-27H,1-4H3. The molecule has 0 aliphatic heterocycles. The largest absolute Gasteiger partial charge is 0.457 e. The van der Waals surface area contributed by atoms with Crippen LogP contribution in [-0.4, -0.2) is 14.5 Å². The van der Waals surface area contributed by atoms with Crippen molar-refractivity contribution in [1.29, 1.82) is 0 Å². The smallest absolute Gasteiger partial charge is 0.227 e. The summed E-state index contributed by atoms with van der Waals surface area (Å²) in [5.74, 6) is 3.07. The molecule has 0 N–H and O–H groups in total. The number of ether oxygens (including phenoxy) is 1. The predicted octanol–water partition coefficient (Wildman–Crippen LogP) is 12.3. The normalized spacial score (nSPS) is 12.0. The number of pyridine rings is 1. The van der Waals surface area contributed by atoms with Crippen LogP contribution in [0.1, 0.15) is 50.7 Å². The lowest BCUT2D eigenvalue weighted by molar-refractivity contribution is 0.483. The molecule has 0 atom stereocenters. The Morgan fingerprint density at radius 1 is 0.592 bits per heavy atom. The number of benzene rings is 6. The monoisotopic (exact) mass is 637 g/mol. The molecule has 0 aliphatic rings. The fourth-order valence-electron chi connectivity index (χ4n) is 7.19. The summed E-state index contributed by atoms with van der Waals surface area (Å²) in [5.41, 5.74) is 9.24. The van der Waals surface area contributed by atoms with Gasteiger partial charge in [0.2, 0.25) is 5.71 Å². The lowest BCUT2D eigenvalue weighted by Crippen LogP contribution is -2.08. The van der Waals surface area contributed by atoms with E-state index in [4.69, 9.17) is 19.1 Å². The van der Waals surface area contributed by atoms with Gasteiger partial charge in [-0.2, -0.15) is 0 Å². The van der Waals surface area contributed by atoms with Gasteiger partial charge >= 0.3 is 0 Å². The quantitative estimate of drug-likeness (QED) is 0.170. The van der Waals surface area contributed by atoms with Crippen molar-refractivity contribution in [3.05, 3.63) is 139 Å². The summed E-state index contributed by atoms with van der Waals surface area (Å²) in [6, 6.07) is 44.1. The number of rotatable bonds is 6. The average molecular weight is 638 g/mol. The Hall–Kier alpha value is -5.94. The molecule has 0 fully saturated rings. The van der Waals surface area contributed by atoms with Crippen LogP contribution in [0, 0.1) is 0 Å². The summed E-state index contributed by atoms with van der Waals surface area (Å²) in [6.45, 7) is 9.05. The van der Waals surface area contributed by atoms with E-state index in [1.807, 2.05) is 36.4 Å². The molecule has 5 heteroatoms. The van der Waals surface area contributed by atoms with E-state index in [0.717, 1.165) is 72.0 Å².